The first-order valence-corrected chi connectivity index (χ1v) is 18.0. The molecule has 0 bridgehead atoms. The van der Waals surface area contributed by atoms with E-state index in [0.29, 0.717) is 57.1 Å². The highest BCUT2D eigenvalue weighted by molar-refractivity contribution is 7.88. The van der Waals surface area contributed by atoms with Gasteiger partial charge in [-0.25, -0.2) is 18.4 Å². The highest BCUT2D eigenvalue weighted by Gasteiger charge is 2.33. The number of anilines is 1. The van der Waals surface area contributed by atoms with Gasteiger partial charge in [-0.1, -0.05) is 6.07 Å². The zero-order valence-electron chi connectivity index (χ0n) is 26.9. The molecule has 3 aromatic rings. The minimum Gasteiger partial charge on any atom is -0.367 e. The van der Waals surface area contributed by atoms with Gasteiger partial charge in [0, 0.05) is 94.5 Å². The monoisotopic (exact) mass is 673 g/mol. The Labute approximate surface area is 274 Å². The van der Waals surface area contributed by atoms with E-state index in [1.165, 1.54) is 32.9 Å². The Morgan fingerprint density at radius 1 is 1.00 bits per heavy atom. The summed E-state index contributed by atoms with van der Waals surface area (Å²) < 4.78 is 66.0. The van der Waals surface area contributed by atoms with E-state index < -0.39 is 22.7 Å². The molecule has 47 heavy (non-hydrogen) atoms. The van der Waals surface area contributed by atoms with Gasteiger partial charge in [0.15, 0.2) is 0 Å². The first-order chi connectivity index (χ1) is 22.4. The van der Waals surface area contributed by atoms with Crippen LogP contribution in [0.1, 0.15) is 40.9 Å². The van der Waals surface area contributed by atoms with Crippen molar-refractivity contribution in [3.63, 3.8) is 0 Å². The van der Waals surface area contributed by atoms with E-state index in [4.69, 9.17) is 0 Å². The number of hydrogen-bond acceptors (Lipinski definition) is 9. The van der Waals surface area contributed by atoms with Gasteiger partial charge in [0.2, 0.25) is 10.0 Å². The molecule has 11 nitrogen and oxygen atoms in total. The van der Waals surface area contributed by atoms with Gasteiger partial charge >= 0.3 is 6.18 Å². The molecule has 0 aliphatic carbocycles. The second kappa shape index (κ2) is 13.7. The maximum Gasteiger partial charge on any atom is 0.401 e. The molecule has 0 amide bonds. The maximum absolute atomic E-state index is 12.9. The number of piperazine rings is 1. The van der Waals surface area contributed by atoms with Crippen LogP contribution in [-0.2, 0) is 36.1 Å². The first kappa shape index (κ1) is 33.6. The van der Waals surface area contributed by atoms with Gasteiger partial charge in [-0.05, 0) is 49.4 Å². The number of nitrogens with zero attached hydrogens (tertiary/aromatic N) is 8. The zero-order chi connectivity index (χ0) is 33.3. The molecule has 3 aliphatic heterocycles. The summed E-state index contributed by atoms with van der Waals surface area (Å²) in [7, 11) is -3.17. The van der Waals surface area contributed by atoms with Crippen LogP contribution < -0.4 is 5.32 Å². The number of piperidine rings is 1. The molecule has 0 saturated carbocycles. The van der Waals surface area contributed by atoms with Crippen molar-refractivity contribution in [1.29, 1.82) is 5.26 Å². The van der Waals surface area contributed by atoms with Crippen LogP contribution in [0.25, 0.3) is 10.9 Å². The van der Waals surface area contributed by atoms with Crippen molar-refractivity contribution in [2.75, 3.05) is 70.5 Å². The molecule has 0 spiro atoms. The van der Waals surface area contributed by atoms with Crippen molar-refractivity contribution in [2.45, 2.75) is 58.0 Å². The van der Waals surface area contributed by atoms with Gasteiger partial charge in [-0.2, -0.15) is 22.7 Å². The van der Waals surface area contributed by atoms with Crippen LogP contribution in [0, 0.1) is 18.3 Å². The molecule has 5 heterocycles. The highest BCUT2D eigenvalue weighted by Crippen LogP contribution is 2.29. The van der Waals surface area contributed by atoms with Crippen LogP contribution >= 0.6 is 0 Å². The molecule has 6 rings (SSSR count). The number of nitriles is 1. The van der Waals surface area contributed by atoms with E-state index in [1.54, 1.807) is 0 Å². The molecule has 0 unspecified atom stereocenters. The number of alkyl halides is 3. The Hall–Kier alpha value is -3.29. The largest absolute Gasteiger partial charge is 0.401 e. The van der Waals surface area contributed by atoms with Crippen molar-refractivity contribution in [3.8, 4) is 6.07 Å². The number of likely N-dealkylation sites (tertiary alicyclic amines) is 1. The van der Waals surface area contributed by atoms with Crippen LogP contribution in [0.3, 0.4) is 0 Å². The SMILES string of the molecule is Cc1c(CN2CCC(Nc3ncnc4c3CCN(CC(F)(F)F)C4)CC2)ccc2c1cc(C#N)n2CCN1CCN(S(C)(=O)=O)CC1. The standard InChI is InChI=1S/C32H42F3N9O2S/c1-23-24(3-4-30-28(23)17-26(18-36)44(30)16-13-40-11-14-43(15-12-40)47(2,45)46)19-41-8-5-25(6-9-41)39-31-27-7-10-42(21-32(33,34)35)20-29(27)37-22-38-31/h3-4,17,22,25H,5-16,19-21H2,1-2H3,(H,37,38,39). The lowest BCUT2D eigenvalue weighted by atomic mass is 10.00. The smallest absolute Gasteiger partial charge is 0.367 e. The topological polar surface area (TPSA) is 114 Å². The molecule has 2 saturated heterocycles. The Morgan fingerprint density at radius 2 is 1.74 bits per heavy atom. The fraction of sp³-hybridized carbons (Fsp3) is 0.594. The summed E-state index contributed by atoms with van der Waals surface area (Å²) in [5, 5.41) is 14.6. The lowest BCUT2D eigenvalue weighted by Gasteiger charge is -2.34. The fourth-order valence-corrected chi connectivity index (χ4v) is 7.97. The Balaban J connectivity index is 1.04. The van der Waals surface area contributed by atoms with E-state index in [2.05, 4.69) is 54.8 Å². The van der Waals surface area contributed by atoms with Gasteiger partial charge in [0.05, 0.1) is 18.5 Å². The number of benzene rings is 1. The summed E-state index contributed by atoms with van der Waals surface area (Å²) >= 11 is 0. The van der Waals surface area contributed by atoms with E-state index in [-0.39, 0.29) is 12.6 Å². The number of rotatable bonds is 9. The normalized spacial score (nSPS) is 19.6. The summed E-state index contributed by atoms with van der Waals surface area (Å²) in [5.41, 5.74) is 5.66. The molecule has 0 atom stereocenters. The highest BCUT2D eigenvalue weighted by atomic mass is 32.2. The molecule has 3 aliphatic rings. The van der Waals surface area contributed by atoms with E-state index >= 15 is 0 Å². The predicted molar refractivity (Wildman–Crippen MR) is 173 cm³/mol. The quantitative estimate of drug-likeness (QED) is 0.366. The Kier molecular flexibility index (Phi) is 9.78. The lowest BCUT2D eigenvalue weighted by molar-refractivity contribution is -0.147. The number of sulfonamides is 1. The minimum atomic E-state index is -4.23. The molecule has 2 fully saturated rings. The molecular formula is C32H42F3N9O2S. The van der Waals surface area contributed by atoms with Gasteiger partial charge in [0.1, 0.15) is 23.9 Å². The molecule has 254 valence electrons. The van der Waals surface area contributed by atoms with Crippen LogP contribution in [0.2, 0.25) is 0 Å². The molecule has 1 N–H and O–H groups in total. The summed E-state index contributed by atoms with van der Waals surface area (Å²) in [6, 6.07) is 8.85. The van der Waals surface area contributed by atoms with Crippen LogP contribution in [0.5, 0.6) is 0 Å². The maximum atomic E-state index is 12.9. The minimum absolute atomic E-state index is 0.179. The van der Waals surface area contributed by atoms with Crippen molar-refractivity contribution in [1.82, 2.24) is 33.5 Å². The summed E-state index contributed by atoms with van der Waals surface area (Å²) in [6.07, 6.45) is 0.810. The van der Waals surface area contributed by atoms with Crippen molar-refractivity contribution in [2.24, 2.45) is 0 Å². The summed E-state index contributed by atoms with van der Waals surface area (Å²) in [5.74, 6) is 0.746. The van der Waals surface area contributed by atoms with E-state index in [1.807, 2.05) is 6.07 Å². The summed E-state index contributed by atoms with van der Waals surface area (Å²) in [4.78, 5) is 14.8. The second-order valence-electron chi connectivity index (χ2n) is 13.0. The number of aryl methyl sites for hydroxylation is 1. The number of nitrogens with one attached hydrogen (secondary N) is 1. The number of fused-ring (bicyclic) bond motifs is 2. The molecule has 1 aromatic carbocycles. The van der Waals surface area contributed by atoms with Gasteiger partial charge < -0.3 is 9.88 Å². The zero-order valence-corrected chi connectivity index (χ0v) is 27.7. The van der Waals surface area contributed by atoms with Crippen molar-refractivity contribution >= 4 is 26.7 Å². The third kappa shape index (κ3) is 7.89. The average molecular weight is 674 g/mol. The first-order valence-electron chi connectivity index (χ1n) is 16.2. The van der Waals surface area contributed by atoms with Gasteiger partial charge in [-0.3, -0.25) is 14.7 Å². The van der Waals surface area contributed by atoms with Crippen LogP contribution in [-0.4, -0.2) is 119 Å². The molecule has 2 aromatic heterocycles. The fourth-order valence-electron chi connectivity index (χ4n) is 7.14. The van der Waals surface area contributed by atoms with Gasteiger partial charge in [-0.15, -0.1) is 0 Å². The van der Waals surface area contributed by atoms with Crippen molar-refractivity contribution in [3.05, 3.63) is 52.6 Å². The lowest BCUT2D eigenvalue weighted by Crippen LogP contribution is -2.48. The van der Waals surface area contributed by atoms with Gasteiger partial charge in [0.25, 0.3) is 0 Å². The summed E-state index contributed by atoms with van der Waals surface area (Å²) in [6.45, 7) is 8.05. The second-order valence-corrected chi connectivity index (χ2v) is 15.0. The van der Waals surface area contributed by atoms with Crippen LogP contribution in [0.15, 0.2) is 24.5 Å². The van der Waals surface area contributed by atoms with E-state index in [0.717, 1.165) is 61.3 Å². The Morgan fingerprint density at radius 3 is 2.43 bits per heavy atom. The number of hydrogen-bond donors (Lipinski definition) is 1. The van der Waals surface area contributed by atoms with Crippen molar-refractivity contribution < 1.29 is 21.6 Å². The Bertz CT molecular complexity index is 1740. The van der Waals surface area contributed by atoms with Crippen LogP contribution in [0.4, 0.5) is 19.0 Å². The third-order valence-corrected chi connectivity index (χ3v) is 11.1. The number of aromatic nitrogens is 3. The number of halogens is 3. The predicted octanol–water partition coefficient (Wildman–Crippen LogP) is 3.19. The third-order valence-electron chi connectivity index (χ3n) is 9.83. The molecule has 15 heteroatoms. The van der Waals surface area contributed by atoms with E-state index in [9.17, 15) is 26.9 Å². The molecule has 0 radical (unpaired) electrons. The average Bonchev–Trinajstić information content (AvgIpc) is 3.39. The molecular weight excluding hydrogens is 631 g/mol.